The van der Waals surface area contributed by atoms with Gasteiger partial charge in [-0.05, 0) is 24.6 Å². The highest BCUT2D eigenvalue weighted by Crippen LogP contribution is 2.28. The SMILES string of the molecule is Cc1cc(S(=O)(=O)N2CCS(=O)(=O)CC2)cc(N)c1Cl. The molecule has 0 aromatic heterocycles. The highest BCUT2D eigenvalue weighted by Gasteiger charge is 2.31. The van der Waals surface area contributed by atoms with E-state index in [0.717, 1.165) is 4.31 Å². The number of hydrogen-bond donors (Lipinski definition) is 1. The molecule has 9 heteroatoms. The van der Waals surface area contributed by atoms with Crippen molar-refractivity contribution in [2.75, 3.05) is 30.3 Å². The van der Waals surface area contributed by atoms with E-state index in [1.165, 1.54) is 12.1 Å². The summed E-state index contributed by atoms with van der Waals surface area (Å²) in [4.78, 5) is 0.0381. The average molecular weight is 339 g/mol. The highest BCUT2D eigenvalue weighted by atomic mass is 35.5. The van der Waals surface area contributed by atoms with Gasteiger partial charge in [0.05, 0.1) is 27.1 Å². The molecule has 0 aliphatic carbocycles. The number of sulfonamides is 1. The van der Waals surface area contributed by atoms with Gasteiger partial charge in [0.2, 0.25) is 10.0 Å². The first-order valence-corrected chi connectivity index (χ1v) is 9.53. The summed E-state index contributed by atoms with van der Waals surface area (Å²) in [5.41, 5.74) is 6.43. The third-order valence-electron chi connectivity index (χ3n) is 3.20. The van der Waals surface area contributed by atoms with Crippen molar-refractivity contribution < 1.29 is 16.8 Å². The molecule has 2 rings (SSSR count). The molecule has 0 saturated carbocycles. The minimum atomic E-state index is -3.74. The Morgan fingerprint density at radius 2 is 1.80 bits per heavy atom. The van der Waals surface area contributed by atoms with Crippen molar-refractivity contribution in [3.05, 3.63) is 22.7 Å². The summed E-state index contributed by atoms with van der Waals surface area (Å²) in [7, 11) is -6.88. The van der Waals surface area contributed by atoms with Gasteiger partial charge in [-0.25, -0.2) is 16.8 Å². The zero-order valence-corrected chi connectivity index (χ0v) is 13.2. The molecular formula is C11H15ClN2O4S2. The van der Waals surface area contributed by atoms with Crippen LogP contribution >= 0.6 is 11.6 Å². The molecule has 0 spiro atoms. The van der Waals surface area contributed by atoms with Gasteiger partial charge >= 0.3 is 0 Å². The van der Waals surface area contributed by atoms with Gasteiger partial charge in [-0.15, -0.1) is 0 Å². The highest BCUT2D eigenvalue weighted by molar-refractivity contribution is 7.92. The molecular weight excluding hydrogens is 324 g/mol. The topological polar surface area (TPSA) is 97.5 Å². The Hall–Kier alpha value is -0.830. The lowest BCUT2D eigenvalue weighted by Crippen LogP contribution is -2.43. The smallest absolute Gasteiger partial charge is 0.243 e. The number of benzene rings is 1. The third kappa shape index (κ3) is 2.93. The standard InChI is InChI=1S/C11H15ClN2O4S2/c1-8-6-9(7-10(13)11(8)12)20(17,18)14-2-4-19(15,16)5-3-14/h6-7H,2-5,13H2,1H3. The molecule has 1 fully saturated rings. The number of rotatable bonds is 2. The van der Waals surface area contributed by atoms with Crippen LogP contribution in [0, 0.1) is 6.92 Å². The Morgan fingerprint density at radius 1 is 1.25 bits per heavy atom. The van der Waals surface area contributed by atoms with Gasteiger partial charge in [-0.2, -0.15) is 4.31 Å². The predicted octanol–water partition coefficient (Wildman–Crippen LogP) is 0.650. The van der Waals surface area contributed by atoms with E-state index in [9.17, 15) is 16.8 Å². The summed E-state index contributed by atoms with van der Waals surface area (Å²) >= 11 is 5.91. The number of nitrogens with zero attached hydrogens (tertiary/aromatic N) is 1. The molecule has 0 amide bonds. The van der Waals surface area contributed by atoms with Crippen LogP contribution in [0.15, 0.2) is 17.0 Å². The molecule has 1 aliphatic heterocycles. The number of halogens is 1. The first-order valence-electron chi connectivity index (χ1n) is 5.90. The molecule has 20 heavy (non-hydrogen) atoms. The van der Waals surface area contributed by atoms with Gasteiger partial charge in [0, 0.05) is 13.1 Å². The summed E-state index contributed by atoms with van der Waals surface area (Å²) in [6.07, 6.45) is 0. The Kier molecular flexibility index (Phi) is 4.03. The molecule has 0 bridgehead atoms. The second kappa shape index (κ2) is 5.18. The van der Waals surface area contributed by atoms with Crippen molar-refractivity contribution in [1.29, 1.82) is 0 Å². The monoisotopic (exact) mass is 338 g/mol. The third-order valence-corrected chi connectivity index (χ3v) is 7.20. The summed E-state index contributed by atoms with van der Waals surface area (Å²) < 4.78 is 48.8. The van der Waals surface area contributed by atoms with Gasteiger partial charge < -0.3 is 5.73 Å². The van der Waals surface area contributed by atoms with Crippen LogP contribution < -0.4 is 5.73 Å². The van der Waals surface area contributed by atoms with Crippen LogP contribution in [0.4, 0.5) is 5.69 Å². The lowest BCUT2D eigenvalue weighted by molar-refractivity contribution is 0.431. The second-order valence-electron chi connectivity index (χ2n) is 4.70. The number of nitrogens with two attached hydrogens (primary N) is 1. The lowest BCUT2D eigenvalue weighted by Gasteiger charge is -2.26. The fraction of sp³-hybridized carbons (Fsp3) is 0.455. The molecule has 1 aromatic rings. The molecule has 2 N–H and O–H groups in total. The second-order valence-corrected chi connectivity index (χ2v) is 9.32. The largest absolute Gasteiger partial charge is 0.397 e. The first-order chi connectivity index (χ1) is 9.13. The first kappa shape index (κ1) is 15.6. The Bertz CT molecular complexity index is 707. The lowest BCUT2D eigenvalue weighted by atomic mass is 10.2. The van der Waals surface area contributed by atoms with Crippen LogP contribution in [0.5, 0.6) is 0 Å². The molecule has 0 atom stereocenters. The van der Waals surface area contributed by atoms with Crippen LogP contribution in [0.2, 0.25) is 5.02 Å². The molecule has 6 nitrogen and oxygen atoms in total. The minimum Gasteiger partial charge on any atom is -0.397 e. The van der Waals surface area contributed by atoms with E-state index in [0.29, 0.717) is 10.6 Å². The van der Waals surface area contributed by atoms with E-state index in [2.05, 4.69) is 0 Å². The summed E-state index contributed by atoms with van der Waals surface area (Å²) in [6, 6.07) is 2.74. The molecule has 1 aliphatic rings. The summed E-state index contributed by atoms with van der Waals surface area (Å²) in [6.45, 7) is 1.59. The van der Waals surface area contributed by atoms with E-state index in [1.54, 1.807) is 6.92 Å². The summed E-state index contributed by atoms with van der Waals surface area (Å²) in [5, 5.41) is 0.324. The summed E-state index contributed by atoms with van der Waals surface area (Å²) in [5.74, 6) is -0.317. The Morgan fingerprint density at radius 3 is 2.30 bits per heavy atom. The zero-order chi connectivity index (χ0) is 15.1. The molecule has 0 unspecified atom stereocenters. The van der Waals surface area contributed by atoms with Crippen LogP contribution in [-0.2, 0) is 19.9 Å². The fourth-order valence-electron chi connectivity index (χ4n) is 2.00. The average Bonchev–Trinajstić information content (AvgIpc) is 2.34. The van der Waals surface area contributed by atoms with Gasteiger partial charge in [-0.1, -0.05) is 11.6 Å². The van der Waals surface area contributed by atoms with Gasteiger partial charge in [0.15, 0.2) is 9.84 Å². The van der Waals surface area contributed by atoms with Crippen molar-refractivity contribution in [2.24, 2.45) is 0 Å². The van der Waals surface area contributed by atoms with Crippen LogP contribution in [-0.4, -0.2) is 45.7 Å². The van der Waals surface area contributed by atoms with Crippen molar-refractivity contribution in [1.82, 2.24) is 4.31 Å². The minimum absolute atomic E-state index is 0.0355. The van der Waals surface area contributed by atoms with E-state index < -0.39 is 19.9 Å². The van der Waals surface area contributed by atoms with Crippen LogP contribution in [0.25, 0.3) is 0 Å². The quantitative estimate of drug-likeness (QED) is 0.798. The molecule has 1 saturated heterocycles. The molecule has 112 valence electrons. The van der Waals surface area contributed by atoms with E-state index >= 15 is 0 Å². The predicted molar refractivity (Wildman–Crippen MR) is 78.0 cm³/mol. The van der Waals surface area contributed by atoms with Crippen LogP contribution in [0.3, 0.4) is 0 Å². The Balaban J connectivity index is 2.37. The van der Waals surface area contributed by atoms with Crippen LogP contribution in [0.1, 0.15) is 5.56 Å². The number of sulfone groups is 1. The normalized spacial score (nSPS) is 19.9. The van der Waals surface area contributed by atoms with Crippen molar-refractivity contribution in [3.63, 3.8) is 0 Å². The Labute approximate surface area is 123 Å². The number of anilines is 1. The van der Waals surface area contributed by atoms with Crippen molar-refractivity contribution >= 4 is 37.1 Å². The number of hydrogen-bond acceptors (Lipinski definition) is 5. The zero-order valence-electron chi connectivity index (χ0n) is 10.8. The van der Waals surface area contributed by atoms with E-state index in [1.807, 2.05) is 0 Å². The van der Waals surface area contributed by atoms with E-state index in [4.69, 9.17) is 17.3 Å². The van der Waals surface area contributed by atoms with Crippen molar-refractivity contribution in [2.45, 2.75) is 11.8 Å². The van der Waals surface area contributed by atoms with Gasteiger partial charge in [0.25, 0.3) is 0 Å². The number of aryl methyl sites for hydroxylation is 1. The number of nitrogen functional groups attached to an aromatic ring is 1. The maximum atomic E-state index is 12.4. The maximum absolute atomic E-state index is 12.4. The van der Waals surface area contributed by atoms with Gasteiger partial charge in [-0.3, -0.25) is 0 Å². The maximum Gasteiger partial charge on any atom is 0.243 e. The van der Waals surface area contributed by atoms with E-state index in [-0.39, 0.29) is 35.2 Å². The molecule has 1 aromatic carbocycles. The fourth-order valence-corrected chi connectivity index (χ4v) is 5.10. The molecule has 1 heterocycles. The van der Waals surface area contributed by atoms with Gasteiger partial charge in [0.1, 0.15) is 0 Å². The molecule has 0 radical (unpaired) electrons. The van der Waals surface area contributed by atoms with Crippen molar-refractivity contribution in [3.8, 4) is 0 Å².